The van der Waals surface area contributed by atoms with Crippen molar-refractivity contribution in [2.75, 3.05) is 11.1 Å². The van der Waals surface area contributed by atoms with Crippen molar-refractivity contribution < 1.29 is 9.72 Å². The number of rotatable bonds is 6. The van der Waals surface area contributed by atoms with E-state index < -0.39 is 4.92 Å². The van der Waals surface area contributed by atoms with Gasteiger partial charge in [0.05, 0.1) is 10.7 Å². The Balaban J connectivity index is 1.59. The van der Waals surface area contributed by atoms with Gasteiger partial charge in [-0.25, -0.2) is 9.97 Å². The van der Waals surface area contributed by atoms with Gasteiger partial charge in [-0.3, -0.25) is 20.2 Å². The summed E-state index contributed by atoms with van der Waals surface area (Å²) < 4.78 is 0. The number of non-ortho nitro benzene ring substituents is 1. The van der Waals surface area contributed by atoms with E-state index in [4.69, 9.17) is 0 Å². The second-order valence-electron chi connectivity index (χ2n) is 5.49. The predicted octanol–water partition coefficient (Wildman–Crippen LogP) is 3.25. The molecule has 11 heteroatoms. The number of carbonyl (C=O) groups excluding carboxylic acids is 1. The first-order valence-corrected chi connectivity index (χ1v) is 9.54. The lowest BCUT2D eigenvalue weighted by Gasteiger charge is -2.02. The number of aryl methyl sites for hydroxylation is 2. The minimum absolute atomic E-state index is 0.00224. The van der Waals surface area contributed by atoms with Gasteiger partial charge < -0.3 is 0 Å². The Morgan fingerprint density at radius 1 is 1.19 bits per heavy atom. The third-order valence-electron chi connectivity index (χ3n) is 3.29. The number of benzene rings is 1. The molecule has 0 bridgehead atoms. The van der Waals surface area contributed by atoms with Crippen LogP contribution in [0.5, 0.6) is 0 Å². The van der Waals surface area contributed by atoms with Gasteiger partial charge in [-0.2, -0.15) is 0 Å². The summed E-state index contributed by atoms with van der Waals surface area (Å²) in [7, 11) is 0. The van der Waals surface area contributed by atoms with Crippen LogP contribution in [0.1, 0.15) is 11.4 Å². The number of aromatic nitrogens is 4. The standard InChI is InChI=1S/C16H14N6O3S2/c1-9-7-10(2)18-15(17-9)26-8-13(23)19-16-21-20-14(27-16)11-3-5-12(6-4-11)22(24)25/h3-7H,8H2,1-2H3,(H,19,21,23). The smallest absolute Gasteiger partial charge is 0.269 e. The SMILES string of the molecule is Cc1cc(C)nc(SCC(=O)Nc2nnc(-c3ccc([N+](=O)[O-])cc3)s2)n1. The molecule has 27 heavy (non-hydrogen) atoms. The van der Waals surface area contributed by atoms with Crippen LogP contribution in [-0.2, 0) is 4.79 Å². The molecule has 0 aliphatic heterocycles. The van der Waals surface area contributed by atoms with Gasteiger partial charge in [0.2, 0.25) is 11.0 Å². The van der Waals surface area contributed by atoms with Gasteiger partial charge in [0.25, 0.3) is 5.69 Å². The van der Waals surface area contributed by atoms with E-state index in [0.29, 0.717) is 20.9 Å². The van der Waals surface area contributed by atoms with E-state index >= 15 is 0 Å². The number of nitro groups is 1. The molecular formula is C16H14N6O3S2. The summed E-state index contributed by atoms with van der Waals surface area (Å²) in [5.74, 6) is -0.0934. The van der Waals surface area contributed by atoms with E-state index in [-0.39, 0.29) is 17.3 Å². The normalized spacial score (nSPS) is 10.6. The molecule has 138 valence electrons. The highest BCUT2D eigenvalue weighted by molar-refractivity contribution is 7.99. The molecule has 3 aromatic rings. The molecule has 0 saturated heterocycles. The molecule has 0 saturated carbocycles. The van der Waals surface area contributed by atoms with Gasteiger partial charge in [-0.1, -0.05) is 23.1 Å². The highest BCUT2D eigenvalue weighted by atomic mass is 32.2. The number of hydrogen-bond donors (Lipinski definition) is 1. The summed E-state index contributed by atoms with van der Waals surface area (Å²) in [5, 5.41) is 22.8. The largest absolute Gasteiger partial charge is 0.300 e. The van der Waals surface area contributed by atoms with Crippen LogP contribution in [0.3, 0.4) is 0 Å². The third-order valence-corrected chi connectivity index (χ3v) is 5.03. The highest BCUT2D eigenvalue weighted by Gasteiger charge is 2.12. The van der Waals surface area contributed by atoms with Gasteiger partial charge >= 0.3 is 0 Å². The maximum atomic E-state index is 12.1. The van der Waals surface area contributed by atoms with E-state index in [9.17, 15) is 14.9 Å². The Kier molecular flexibility index (Phi) is 5.72. The lowest BCUT2D eigenvalue weighted by atomic mass is 10.2. The Labute approximate surface area is 162 Å². The first-order valence-electron chi connectivity index (χ1n) is 7.74. The summed E-state index contributed by atoms with van der Waals surface area (Å²) >= 11 is 2.43. The lowest BCUT2D eigenvalue weighted by Crippen LogP contribution is -2.14. The van der Waals surface area contributed by atoms with E-state index in [1.54, 1.807) is 12.1 Å². The molecule has 2 heterocycles. The van der Waals surface area contributed by atoms with Crippen molar-refractivity contribution in [1.29, 1.82) is 0 Å². The Hall–Kier alpha value is -2.92. The molecule has 9 nitrogen and oxygen atoms in total. The first-order chi connectivity index (χ1) is 12.9. The van der Waals surface area contributed by atoms with Gasteiger partial charge in [-0.15, -0.1) is 10.2 Å². The van der Waals surface area contributed by atoms with Crippen LogP contribution in [0.2, 0.25) is 0 Å². The monoisotopic (exact) mass is 402 g/mol. The van der Waals surface area contributed by atoms with E-state index in [1.807, 2.05) is 19.9 Å². The van der Waals surface area contributed by atoms with Crippen molar-refractivity contribution in [3.8, 4) is 10.6 Å². The second-order valence-corrected chi connectivity index (χ2v) is 7.41. The summed E-state index contributed by atoms with van der Waals surface area (Å²) in [6.07, 6.45) is 0. The van der Waals surface area contributed by atoms with Gasteiger partial charge in [0.15, 0.2) is 5.16 Å². The van der Waals surface area contributed by atoms with Gasteiger partial charge in [0, 0.05) is 29.1 Å². The average molecular weight is 402 g/mol. The molecular weight excluding hydrogens is 388 g/mol. The minimum Gasteiger partial charge on any atom is -0.300 e. The van der Waals surface area contributed by atoms with Crippen LogP contribution in [0, 0.1) is 24.0 Å². The van der Waals surface area contributed by atoms with Crippen LogP contribution in [-0.4, -0.2) is 36.7 Å². The van der Waals surface area contributed by atoms with E-state index in [0.717, 1.165) is 11.4 Å². The maximum Gasteiger partial charge on any atom is 0.269 e. The summed E-state index contributed by atoms with van der Waals surface area (Å²) in [5.41, 5.74) is 2.39. The van der Waals surface area contributed by atoms with Crippen molar-refractivity contribution in [2.45, 2.75) is 19.0 Å². The molecule has 1 aromatic carbocycles. The first kappa shape index (κ1) is 18.9. The fourth-order valence-corrected chi connectivity index (χ4v) is 3.67. The Morgan fingerprint density at radius 2 is 1.85 bits per heavy atom. The number of amides is 1. The van der Waals surface area contributed by atoms with Crippen molar-refractivity contribution in [3.05, 3.63) is 51.8 Å². The molecule has 1 N–H and O–H groups in total. The molecule has 3 rings (SSSR count). The van der Waals surface area contributed by atoms with Crippen LogP contribution in [0.25, 0.3) is 10.6 Å². The van der Waals surface area contributed by atoms with E-state index in [1.165, 1.54) is 35.2 Å². The minimum atomic E-state index is -0.466. The molecule has 0 spiro atoms. The Morgan fingerprint density at radius 3 is 2.48 bits per heavy atom. The quantitative estimate of drug-likeness (QED) is 0.288. The number of hydrogen-bond acceptors (Lipinski definition) is 9. The third kappa shape index (κ3) is 5.05. The van der Waals surface area contributed by atoms with Crippen LogP contribution in [0.15, 0.2) is 35.5 Å². The topological polar surface area (TPSA) is 124 Å². The number of nitrogens with zero attached hydrogens (tertiary/aromatic N) is 5. The van der Waals surface area contributed by atoms with E-state index in [2.05, 4.69) is 25.5 Å². The van der Waals surface area contributed by atoms with Crippen molar-refractivity contribution in [2.24, 2.45) is 0 Å². The summed E-state index contributed by atoms with van der Waals surface area (Å²) in [6.45, 7) is 3.75. The molecule has 0 atom stereocenters. The number of anilines is 1. The average Bonchev–Trinajstić information content (AvgIpc) is 3.07. The second kappa shape index (κ2) is 8.18. The molecule has 0 aliphatic rings. The van der Waals surface area contributed by atoms with Crippen molar-refractivity contribution >= 4 is 39.8 Å². The van der Waals surface area contributed by atoms with Gasteiger partial charge in [0.1, 0.15) is 5.01 Å². The number of carbonyl (C=O) groups is 1. The summed E-state index contributed by atoms with van der Waals surface area (Å²) in [4.78, 5) is 30.9. The zero-order valence-corrected chi connectivity index (χ0v) is 16.0. The molecule has 0 radical (unpaired) electrons. The molecule has 1 amide bonds. The molecule has 2 aromatic heterocycles. The number of thioether (sulfide) groups is 1. The van der Waals surface area contributed by atoms with Crippen LogP contribution >= 0.6 is 23.1 Å². The maximum absolute atomic E-state index is 12.1. The van der Waals surface area contributed by atoms with Crippen LogP contribution in [0.4, 0.5) is 10.8 Å². The molecule has 0 unspecified atom stereocenters. The number of nitro benzene ring substituents is 1. The fourth-order valence-electron chi connectivity index (χ4n) is 2.16. The number of nitrogens with one attached hydrogen (secondary N) is 1. The lowest BCUT2D eigenvalue weighted by molar-refractivity contribution is -0.384. The van der Waals surface area contributed by atoms with Gasteiger partial charge in [-0.05, 0) is 32.0 Å². The molecule has 0 fully saturated rings. The zero-order chi connectivity index (χ0) is 19.4. The zero-order valence-electron chi connectivity index (χ0n) is 14.4. The summed E-state index contributed by atoms with van der Waals surface area (Å²) in [6, 6.07) is 7.85. The fraction of sp³-hybridized carbons (Fsp3) is 0.188. The van der Waals surface area contributed by atoms with Crippen molar-refractivity contribution in [1.82, 2.24) is 20.2 Å². The van der Waals surface area contributed by atoms with Crippen molar-refractivity contribution in [3.63, 3.8) is 0 Å². The Bertz CT molecular complexity index is 970. The molecule has 0 aliphatic carbocycles. The van der Waals surface area contributed by atoms with Crippen LogP contribution < -0.4 is 5.32 Å². The predicted molar refractivity (Wildman–Crippen MR) is 103 cm³/mol. The highest BCUT2D eigenvalue weighted by Crippen LogP contribution is 2.28.